The summed E-state index contributed by atoms with van der Waals surface area (Å²) in [7, 11) is 0. The van der Waals surface area contributed by atoms with Crippen molar-refractivity contribution in [2.75, 3.05) is 18.4 Å². The van der Waals surface area contributed by atoms with E-state index < -0.39 is 0 Å². The lowest BCUT2D eigenvalue weighted by Gasteiger charge is -2.15. The van der Waals surface area contributed by atoms with Crippen molar-refractivity contribution in [3.05, 3.63) is 12.4 Å². The summed E-state index contributed by atoms with van der Waals surface area (Å²) in [5.41, 5.74) is 6.03. The highest BCUT2D eigenvalue weighted by molar-refractivity contribution is 5.37. The fourth-order valence-corrected chi connectivity index (χ4v) is 2.02. The zero-order chi connectivity index (χ0) is 13.0. The average Bonchev–Trinajstić information content (AvgIpc) is 3.07. The Morgan fingerprint density at radius 2 is 2.22 bits per heavy atom. The van der Waals surface area contributed by atoms with Crippen LogP contribution in [-0.4, -0.2) is 29.2 Å². The Morgan fingerprint density at radius 3 is 2.83 bits per heavy atom. The second kappa shape index (κ2) is 5.52. The lowest BCUT2D eigenvalue weighted by molar-refractivity contribution is 0.232. The number of hydrogen-bond donors (Lipinski definition) is 2. The number of hydrogen-bond acceptors (Lipinski definition) is 5. The highest BCUT2D eigenvalue weighted by Crippen LogP contribution is 2.48. The third-order valence-electron chi connectivity index (χ3n) is 3.27. The maximum absolute atomic E-state index is 5.63. The van der Waals surface area contributed by atoms with E-state index in [-0.39, 0.29) is 6.10 Å². The molecule has 5 nitrogen and oxygen atoms in total. The molecule has 0 spiro atoms. The van der Waals surface area contributed by atoms with E-state index in [0.717, 1.165) is 25.3 Å². The van der Waals surface area contributed by atoms with Crippen LogP contribution in [0.5, 0.6) is 5.88 Å². The normalized spacial score (nSPS) is 16.7. The van der Waals surface area contributed by atoms with Gasteiger partial charge in [0.25, 0.3) is 0 Å². The van der Waals surface area contributed by atoms with Crippen molar-refractivity contribution in [2.24, 2.45) is 11.1 Å². The number of ether oxygens (including phenoxy) is 1. The monoisotopic (exact) mass is 250 g/mol. The van der Waals surface area contributed by atoms with Gasteiger partial charge in [0.1, 0.15) is 12.1 Å². The van der Waals surface area contributed by atoms with Crippen LogP contribution in [0.25, 0.3) is 0 Å². The Labute approximate surface area is 108 Å². The van der Waals surface area contributed by atoms with Crippen molar-refractivity contribution in [3.63, 3.8) is 0 Å². The molecule has 18 heavy (non-hydrogen) atoms. The molecule has 0 radical (unpaired) electrons. The fraction of sp³-hybridized carbons (Fsp3) is 0.692. The SMILES string of the molecule is CC(C)Oc1cc(NCC2(CCN)CC2)ncn1. The van der Waals surface area contributed by atoms with E-state index in [1.165, 1.54) is 19.2 Å². The van der Waals surface area contributed by atoms with Crippen molar-refractivity contribution in [1.82, 2.24) is 9.97 Å². The number of nitrogens with one attached hydrogen (secondary N) is 1. The van der Waals surface area contributed by atoms with Crippen LogP contribution in [0.4, 0.5) is 5.82 Å². The first-order valence-electron chi connectivity index (χ1n) is 6.56. The Morgan fingerprint density at radius 1 is 1.44 bits per heavy atom. The molecule has 3 N–H and O–H groups in total. The average molecular weight is 250 g/mol. The lowest BCUT2D eigenvalue weighted by Crippen LogP contribution is -2.19. The van der Waals surface area contributed by atoms with Crippen LogP contribution < -0.4 is 15.8 Å². The van der Waals surface area contributed by atoms with E-state index in [1.807, 2.05) is 19.9 Å². The van der Waals surface area contributed by atoms with Crippen molar-refractivity contribution in [3.8, 4) is 5.88 Å². The zero-order valence-corrected chi connectivity index (χ0v) is 11.1. The topological polar surface area (TPSA) is 73.1 Å². The minimum atomic E-state index is 0.125. The van der Waals surface area contributed by atoms with Gasteiger partial charge in [0.2, 0.25) is 5.88 Å². The summed E-state index contributed by atoms with van der Waals surface area (Å²) >= 11 is 0. The fourth-order valence-electron chi connectivity index (χ4n) is 2.02. The van der Waals surface area contributed by atoms with Crippen LogP contribution in [-0.2, 0) is 0 Å². The third kappa shape index (κ3) is 3.57. The molecule has 1 aromatic rings. The maximum Gasteiger partial charge on any atom is 0.218 e. The quantitative estimate of drug-likeness (QED) is 0.772. The largest absolute Gasteiger partial charge is 0.475 e. The van der Waals surface area contributed by atoms with E-state index >= 15 is 0 Å². The number of rotatable bonds is 7. The van der Waals surface area contributed by atoms with Gasteiger partial charge in [-0.05, 0) is 45.1 Å². The van der Waals surface area contributed by atoms with E-state index in [2.05, 4.69) is 15.3 Å². The molecular formula is C13H22N4O. The molecule has 0 saturated heterocycles. The van der Waals surface area contributed by atoms with E-state index in [4.69, 9.17) is 10.5 Å². The molecule has 0 amide bonds. The van der Waals surface area contributed by atoms with Crippen LogP contribution in [0.1, 0.15) is 33.1 Å². The van der Waals surface area contributed by atoms with Crippen LogP contribution in [0.2, 0.25) is 0 Å². The molecular weight excluding hydrogens is 228 g/mol. The number of nitrogens with two attached hydrogens (primary N) is 1. The lowest BCUT2D eigenvalue weighted by atomic mass is 10.0. The zero-order valence-electron chi connectivity index (χ0n) is 11.1. The predicted molar refractivity (Wildman–Crippen MR) is 71.6 cm³/mol. The predicted octanol–water partition coefficient (Wildman–Crippen LogP) is 1.80. The maximum atomic E-state index is 5.63. The summed E-state index contributed by atoms with van der Waals surface area (Å²) < 4.78 is 5.54. The van der Waals surface area contributed by atoms with Gasteiger partial charge in [-0.2, -0.15) is 0 Å². The summed E-state index contributed by atoms with van der Waals surface area (Å²) in [5, 5.41) is 3.36. The Balaban J connectivity index is 1.89. The van der Waals surface area contributed by atoms with Crippen molar-refractivity contribution >= 4 is 5.82 Å². The smallest absolute Gasteiger partial charge is 0.218 e. The minimum Gasteiger partial charge on any atom is -0.475 e. The van der Waals surface area contributed by atoms with Gasteiger partial charge in [-0.1, -0.05) is 0 Å². The summed E-state index contributed by atoms with van der Waals surface area (Å²) in [6, 6.07) is 1.85. The second-order valence-electron chi connectivity index (χ2n) is 5.30. The molecule has 0 unspecified atom stereocenters. The van der Waals surface area contributed by atoms with Crippen LogP contribution in [0.15, 0.2) is 12.4 Å². The van der Waals surface area contributed by atoms with Crippen LogP contribution in [0.3, 0.4) is 0 Å². The first-order chi connectivity index (χ1) is 8.63. The van der Waals surface area contributed by atoms with Gasteiger partial charge >= 0.3 is 0 Å². The van der Waals surface area contributed by atoms with Gasteiger partial charge in [0, 0.05) is 12.6 Å². The molecule has 0 aliphatic heterocycles. The van der Waals surface area contributed by atoms with Gasteiger partial charge < -0.3 is 15.8 Å². The summed E-state index contributed by atoms with van der Waals surface area (Å²) in [4.78, 5) is 8.29. The molecule has 0 atom stereocenters. The van der Waals surface area contributed by atoms with Crippen LogP contribution in [0, 0.1) is 5.41 Å². The van der Waals surface area contributed by atoms with Gasteiger partial charge in [-0.25, -0.2) is 9.97 Å². The number of aromatic nitrogens is 2. The van der Waals surface area contributed by atoms with Crippen molar-refractivity contribution < 1.29 is 4.74 Å². The van der Waals surface area contributed by atoms with E-state index in [9.17, 15) is 0 Å². The molecule has 5 heteroatoms. The molecule has 0 bridgehead atoms. The Hall–Kier alpha value is -1.36. The molecule has 100 valence electrons. The molecule has 1 aliphatic rings. The van der Waals surface area contributed by atoms with E-state index in [1.54, 1.807) is 0 Å². The molecule has 1 aromatic heterocycles. The number of anilines is 1. The molecule has 1 saturated carbocycles. The Bertz CT molecular complexity index is 390. The highest BCUT2D eigenvalue weighted by Gasteiger charge is 2.41. The Kier molecular flexibility index (Phi) is 4.01. The summed E-state index contributed by atoms with van der Waals surface area (Å²) in [6.07, 6.45) is 5.26. The standard InChI is InChI=1S/C13H22N4O/c1-10(2)18-12-7-11(16-9-17-12)15-8-13(3-4-13)5-6-14/h7,9-10H,3-6,8,14H2,1-2H3,(H,15,16,17). The van der Waals surface area contributed by atoms with Gasteiger partial charge in [-0.3, -0.25) is 0 Å². The molecule has 1 aliphatic carbocycles. The van der Waals surface area contributed by atoms with Gasteiger partial charge in [0.05, 0.1) is 6.10 Å². The number of nitrogens with zero attached hydrogens (tertiary/aromatic N) is 2. The van der Waals surface area contributed by atoms with Gasteiger partial charge in [-0.15, -0.1) is 0 Å². The first-order valence-corrected chi connectivity index (χ1v) is 6.56. The van der Waals surface area contributed by atoms with E-state index in [0.29, 0.717) is 11.3 Å². The summed E-state index contributed by atoms with van der Waals surface area (Å²) in [6.45, 7) is 5.65. The molecule has 1 fully saturated rings. The first kappa shape index (κ1) is 13.1. The van der Waals surface area contributed by atoms with Crippen molar-refractivity contribution in [1.29, 1.82) is 0 Å². The molecule has 2 rings (SSSR count). The highest BCUT2D eigenvalue weighted by atomic mass is 16.5. The molecule has 1 heterocycles. The van der Waals surface area contributed by atoms with Gasteiger partial charge in [0.15, 0.2) is 0 Å². The van der Waals surface area contributed by atoms with Crippen molar-refractivity contribution in [2.45, 2.75) is 39.2 Å². The minimum absolute atomic E-state index is 0.125. The van der Waals surface area contributed by atoms with Crippen LogP contribution >= 0.6 is 0 Å². The summed E-state index contributed by atoms with van der Waals surface area (Å²) in [5.74, 6) is 1.44. The third-order valence-corrected chi connectivity index (χ3v) is 3.27. The molecule has 0 aromatic carbocycles. The second-order valence-corrected chi connectivity index (χ2v) is 5.30.